The van der Waals surface area contributed by atoms with Crippen LogP contribution < -0.4 is 9.64 Å². The van der Waals surface area contributed by atoms with Gasteiger partial charge in [0, 0.05) is 0 Å². The minimum Gasteiger partial charge on any atom is -0.495 e. The second-order valence-corrected chi connectivity index (χ2v) is 6.62. The maximum atomic E-state index is 12.9. The second-order valence-electron chi connectivity index (χ2n) is 5.44. The summed E-state index contributed by atoms with van der Waals surface area (Å²) >= 11 is 7.62. The van der Waals surface area contributed by atoms with E-state index in [4.69, 9.17) is 16.3 Å². The number of ether oxygens (including phenoxy) is 1. The zero-order valence-corrected chi connectivity index (χ0v) is 15.7. The number of hydrogen-bond donors (Lipinski definition) is 0. The molecule has 0 atom stereocenters. The number of anilines is 1. The standard InChI is InChI=1S/C19H17ClN2O2S/c1-12-6-4-5-7-13(12)10-16-18(23)22(19(21-16)25-3)14-8-9-17(24-2)15(20)11-14/h4-11H,1-3H3/b16-10-. The number of amides is 1. The minimum atomic E-state index is -0.172. The number of nitrogens with zero attached hydrogens (tertiary/aromatic N) is 2. The zero-order valence-electron chi connectivity index (χ0n) is 14.1. The summed E-state index contributed by atoms with van der Waals surface area (Å²) < 4.78 is 5.17. The molecule has 0 bridgehead atoms. The number of carbonyl (C=O) groups is 1. The number of rotatable bonds is 3. The highest BCUT2D eigenvalue weighted by Crippen LogP contribution is 2.34. The fraction of sp³-hybridized carbons (Fsp3) is 0.158. The molecular formula is C19H17ClN2O2S. The van der Waals surface area contributed by atoms with Gasteiger partial charge in [0.05, 0.1) is 17.8 Å². The maximum Gasteiger partial charge on any atom is 0.283 e. The molecule has 0 fully saturated rings. The topological polar surface area (TPSA) is 41.9 Å². The quantitative estimate of drug-likeness (QED) is 0.729. The maximum absolute atomic E-state index is 12.9. The summed E-state index contributed by atoms with van der Waals surface area (Å²) in [5.74, 6) is 0.393. The van der Waals surface area contributed by atoms with E-state index < -0.39 is 0 Å². The number of methoxy groups -OCH3 is 1. The van der Waals surface area contributed by atoms with E-state index >= 15 is 0 Å². The van der Waals surface area contributed by atoms with Gasteiger partial charge >= 0.3 is 0 Å². The summed E-state index contributed by atoms with van der Waals surface area (Å²) in [6, 6.07) is 13.1. The molecule has 128 valence electrons. The molecule has 6 heteroatoms. The largest absolute Gasteiger partial charge is 0.495 e. The lowest BCUT2D eigenvalue weighted by molar-refractivity contribution is -0.113. The van der Waals surface area contributed by atoms with E-state index in [9.17, 15) is 4.79 Å². The Morgan fingerprint density at radius 3 is 2.64 bits per heavy atom. The molecule has 0 aliphatic carbocycles. The molecule has 1 aliphatic rings. The Balaban J connectivity index is 2.00. The van der Waals surface area contributed by atoms with Crippen LogP contribution >= 0.6 is 23.4 Å². The molecule has 0 spiro atoms. The first kappa shape index (κ1) is 17.6. The van der Waals surface area contributed by atoms with Crippen LogP contribution in [0, 0.1) is 6.92 Å². The molecule has 0 radical (unpaired) electrons. The van der Waals surface area contributed by atoms with E-state index in [0.29, 0.717) is 27.3 Å². The smallest absolute Gasteiger partial charge is 0.283 e. The molecule has 1 aliphatic heterocycles. The Kier molecular flexibility index (Phi) is 5.16. The number of aliphatic imine (C=N–C) groups is 1. The normalized spacial score (nSPS) is 15.7. The van der Waals surface area contributed by atoms with E-state index in [0.717, 1.165) is 11.1 Å². The first-order valence-corrected chi connectivity index (χ1v) is 9.23. The van der Waals surface area contributed by atoms with Gasteiger partial charge in [-0.15, -0.1) is 0 Å². The van der Waals surface area contributed by atoms with Crippen LogP contribution in [-0.4, -0.2) is 24.4 Å². The lowest BCUT2D eigenvalue weighted by atomic mass is 10.1. The van der Waals surface area contributed by atoms with E-state index in [1.54, 1.807) is 30.2 Å². The Morgan fingerprint density at radius 1 is 1.24 bits per heavy atom. The van der Waals surface area contributed by atoms with Gasteiger partial charge in [0.25, 0.3) is 5.91 Å². The fourth-order valence-electron chi connectivity index (χ4n) is 2.55. The van der Waals surface area contributed by atoms with Gasteiger partial charge in [-0.3, -0.25) is 9.69 Å². The van der Waals surface area contributed by atoms with Crippen molar-refractivity contribution in [2.24, 2.45) is 4.99 Å². The van der Waals surface area contributed by atoms with Gasteiger partial charge in [-0.1, -0.05) is 47.6 Å². The van der Waals surface area contributed by atoms with Crippen molar-refractivity contribution in [1.82, 2.24) is 0 Å². The van der Waals surface area contributed by atoms with Crippen molar-refractivity contribution in [3.05, 3.63) is 64.3 Å². The van der Waals surface area contributed by atoms with Gasteiger partial charge < -0.3 is 4.74 Å². The summed E-state index contributed by atoms with van der Waals surface area (Å²) in [5, 5.41) is 1.07. The highest BCUT2D eigenvalue weighted by molar-refractivity contribution is 8.13. The summed E-state index contributed by atoms with van der Waals surface area (Å²) in [6.45, 7) is 2.01. The first-order valence-electron chi connectivity index (χ1n) is 7.63. The third kappa shape index (κ3) is 3.43. The number of aryl methyl sites for hydroxylation is 1. The number of benzene rings is 2. The van der Waals surface area contributed by atoms with Crippen molar-refractivity contribution in [1.29, 1.82) is 0 Å². The third-order valence-corrected chi connectivity index (χ3v) is 4.82. The second kappa shape index (κ2) is 7.33. The van der Waals surface area contributed by atoms with Gasteiger partial charge in [-0.05, 0) is 48.6 Å². The van der Waals surface area contributed by atoms with Crippen molar-refractivity contribution >= 4 is 46.2 Å². The van der Waals surface area contributed by atoms with E-state index in [-0.39, 0.29) is 5.91 Å². The Hall–Kier alpha value is -2.24. The predicted molar refractivity (Wildman–Crippen MR) is 106 cm³/mol. The lowest BCUT2D eigenvalue weighted by Crippen LogP contribution is -2.30. The summed E-state index contributed by atoms with van der Waals surface area (Å²) in [5.41, 5.74) is 3.14. The number of amidine groups is 1. The van der Waals surface area contributed by atoms with Crippen molar-refractivity contribution in [2.75, 3.05) is 18.3 Å². The average Bonchev–Trinajstić information content (AvgIpc) is 2.92. The van der Waals surface area contributed by atoms with Crippen LogP contribution in [0.1, 0.15) is 11.1 Å². The van der Waals surface area contributed by atoms with E-state index in [2.05, 4.69) is 4.99 Å². The van der Waals surface area contributed by atoms with Gasteiger partial charge in [0.15, 0.2) is 5.17 Å². The SMILES string of the molecule is COc1ccc(N2C(=O)/C(=C/c3ccccc3C)N=C2SC)cc1Cl. The van der Waals surface area contributed by atoms with Crippen molar-refractivity contribution in [3.8, 4) is 5.75 Å². The van der Waals surface area contributed by atoms with Crippen molar-refractivity contribution in [2.45, 2.75) is 6.92 Å². The molecule has 3 rings (SSSR count). The third-order valence-electron chi connectivity index (χ3n) is 3.89. The molecule has 4 nitrogen and oxygen atoms in total. The van der Waals surface area contributed by atoms with Crippen molar-refractivity contribution in [3.63, 3.8) is 0 Å². The van der Waals surface area contributed by atoms with Crippen LogP contribution in [-0.2, 0) is 4.79 Å². The summed E-state index contributed by atoms with van der Waals surface area (Å²) in [4.78, 5) is 19.0. The van der Waals surface area contributed by atoms with E-state index in [1.165, 1.54) is 11.8 Å². The molecule has 2 aromatic rings. The minimum absolute atomic E-state index is 0.172. The zero-order chi connectivity index (χ0) is 18.0. The molecule has 0 N–H and O–H groups in total. The number of carbonyl (C=O) groups excluding carboxylic acids is 1. The summed E-state index contributed by atoms with van der Waals surface area (Å²) in [7, 11) is 1.56. The van der Waals surface area contributed by atoms with Crippen molar-refractivity contribution < 1.29 is 9.53 Å². The van der Waals surface area contributed by atoms with Crippen LogP contribution in [0.3, 0.4) is 0 Å². The van der Waals surface area contributed by atoms with Gasteiger partial charge in [0.1, 0.15) is 11.4 Å². The van der Waals surface area contributed by atoms with Crippen LogP contribution in [0.2, 0.25) is 5.02 Å². The number of thioether (sulfide) groups is 1. The molecule has 2 aromatic carbocycles. The molecule has 1 heterocycles. The highest BCUT2D eigenvalue weighted by Gasteiger charge is 2.31. The number of hydrogen-bond acceptors (Lipinski definition) is 4. The van der Waals surface area contributed by atoms with Gasteiger partial charge in [0.2, 0.25) is 0 Å². The molecule has 0 saturated carbocycles. The summed E-state index contributed by atoms with van der Waals surface area (Å²) in [6.07, 6.45) is 3.71. The Bertz CT molecular complexity index is 893. The van der Waals surface area contributed by atoms with Gasteiger partial charge in [-0.25, -0.2) is 4.99 Å². The molecular weight excluding hydrogens is 356 g/mol. The molecule has 1 amide bonds. The Morgan fingerprint density at radius 2 is 2.00 bits per heavy atom. The molecule has 0 aromatic heterocycles. The molecule has 25 heavy (non-hydrogen) atoms. The average molecular weight is 373 g/mol. The van der Waals surface area contributed by atoms with E-state index in [1.807, 2.05) is 43.5 Å². The molecule has 0 unspecified atom stereocenters. The van der Waals surface area contributed by atoms with Gasteiger partial charge in [-0.2, -0.15) is 0 Å². The predicted octanol–water partition coefficient (Wildman–Crippen LogP) is 4.76. The van der Waals surface area contributed by atoms with Crippen LogP contribution in [0.4, 0.5) is 5.69 Å². The monoisotopic (exact) mass is 372 g/mol. The Labute approximate surface area is 156 Å². The number of halogens is 1. The fourth-order valence-corrected chi connectivity index (χ4v) is 3.36. The van der Waals surface area contributed by atoms with Crippen LogP contribution in [0.5, 0.6) is 5.75 Å². The molecule has 0 saturated heterocycles. The van der Waals surface area contributed by atoms with Crippen LogP contribution in [0.25, 0.3) is 6.08 Å². The first-order chi connectivity index (χ1) is 12.0. The lowest BCUT2D eigenvalue weighted by Gasteiger charge is -2.17. The van der Waals surface area contributed by atoms with Crippen LogP contribution in [0.15, 0.2) is 53.2 Å². The highest BCUT2D eigenvalue weighted by atomic mass is 35.5.